The normalized spacial score (nSPS) is 15.5. The molecule has 0 saturated carbocycles. The second-order valence-electron chi connectivity index (χ2n) is 7.78. The summed E-state index contributed by atoms with van der Waals surface area (Å²) in [5.41, 5.74) is 2.25. The Morgan fingerprint density at radius 2 is 1.94 bits per heavy atom. The van der Waals surface area contributed by atoms with Gasteiger partial charge in [0.25, 0.3) is 5.91 Å². The summed E-state index contributed by atoms with van der Waals surface area (Å²) in [6.07, 6.45) is 2.39. The molecule has 3 aromatic rings. The SMILES string of the molecule is O=C(Cc1ccc(N(Cc2cccc(F)c2)C(=O)c2cccs2)cc1)NC[C@H]1CCCO1. The topological polar surface area (TPSA) is 58.6 Å². The highest BCUT2D eigenvalue weighted by Gasteiger charge is 2.20. The molecule has 4 rings (SSSR count). The molecule has 0 unspecified atom stereocenters. The third-order valence-electron chi connectivity index (χ3n) is 5.37. The van der Waals surface area contributed by atoms with E-state index in [1.807, 2.05) is 35.7 Å². The fourth-order valence-corrected chi connectivity index (χ4v) is 4.38. The molecule has 7 heteroatoms. The van der Waals surface area contributed by atoms with Crippen molar-refractivity contribution >= 4 is 28.8 Å². The first kappa shape index (κ1) is 22.2. The van der Waals surface area contributed by atoms with Crippen LogP contribution in [0.1, 0.15) is 33.6 Å². The molecule has 0 spiro atoms. The zero-order chi connectivity index (χ0) is 22.3. The van der Waals surface area contributed by atoms with Crippen LogP contribution in [0.3, 0.4) is 0 Å². The Bertz CT molecular complexity index is 1050. The number of ether oxygens (including phenoxy) is 1. The van der Waals surface area contributed by atoms with Gasteiger partial charge in [-0.05, 0) is 59.7 Å². The van der Waals surface area contributed by atoms with Crippen molar-refractivity contribution in [2.45, 2.75) is 31.9 Å². The van der Waals surface area contributed by atoms with Crippen molar-refractivity contribution < 1.29 is 18.7 Å². The average Bonchev–Trinajstić information content (AvgIpc) is 3.51. The molecule has 166 valence electrons. The second kappa shape index (κ2) is 10.5. The summed E-state index contributed by atoms with van der Waals surface area (Å²) in [5, 5.41) is 4.78. The third-order valence-corrected chi connectivity index (χ3v) is 6.23. The molecule has 1 aliphatic rings. The van der Waals surface area contributed by atoms with E-state index in [-0.39, 0.29) is 36.7 Å². The van der Waals surface area contributed by atoms with E-state index in [1.165, 1.54) is 23.5 Å². The number of hydrogen-bond donors (Lipinski definition) is 1. The summed E-state index contributed by atoms with van der Waals surface area (Å²) in [7, 11) is 0. The lowest BCUT2D eigenvalue weighted by atomic mass is 10.1. The molecule has 0 radical (unpaired) electrons. The maximum Gasteiger partial charge on any atom is 0.268 e. The Morgan fingerprint density at radius 1 is 1.09 bits per heavy atom. The van der Waals surface area contributed by atoms with Gasteiger partial charge in [0.1, 0.15) is 5.82 Å². The Labute approximate surface area is 190 Å². The number of anilines is 1. The molecule has 0 bridgehead atoms. The predicted octanol–water partition coefficient (Wildman–Crippen LogP) is 4.57. The van der Waals surface area contributed by atoms with Crippen LogP contribution in [-0.2, 0) is 22.5 Å². The number of carbonyl (C=O) groups excluding carboxylic acids is 2. The first-order valence-corrected chi connectivity index (χ1v) is 11.5. The molecule has 1 saturated heterocycles. The fraction of sp³-hybridized carbons (Fsp3) is 0.280. The number of rotatable bonds is 8. The van der Waals surface area contributed by atoms with Crippen LogP contribution < -0.4 is 10.2 Å². The summed E-state index contributed by atoms with van der Waals surface area (Å²) >= 11 is 1.37. The van der Waals surface area contributed by atoms with Crippen LogP contribution in [0.15, 0.2) is 66.0 Å². The zero-order valence-corrected chi connectivity index (χ0v) is 18.4. The summed E-state index contributed by atoms with van der Waals surface area (Å²) in [6.45, 7) is 1.54. The zero-order valence-electron chi connectivity index (χ0n) is 17.6. The van der Waals surface area contributed by atoms with Crippen LogP contribution in [-0.4, -0.2) is 31.1 Å². The molecular weight excluding hydrogens is 427 g/mol. The van der Waals surface area contributed by atoms with Gasteiger partial charge in [-0.1, -0.05) is 30.3 Å². The van der Waals surface area contributed by atoms with Crippen LogP contribution in [0.2, 0.25) is 0 Å². The molecule has 0 aliphatic carbocycles. The van der Waals surface area contributed by atoms with Crippen LogP contribution in [0.25, 0.3) is 0 Å². The molecule has 1 aliphatic heterocycles. The summed E-state index contributed by atoms with van der Waals surface area (Å²) < 4.78 is 19.2. The highest BCUT2D eigenvalue weighted by atomic mass is 32.1. The van der Waals surface area contributed by atoms with Gasteiger partial charge in [-0.3, -0.25) is 9.59 Å². The van der Waals surface area contributed by atoms with Crippen LogP contribution in [0.5, 0.6) is 0 Å². The highest BCUT2D eigenvalue weighted by molar-refractivity contribution is 7.12. The largest absolute Gasteiger partial charge is 0.376 e. The number of amides is 2. The first-order chi connectivity index (χ1) is 15.6. The fourth-order valence-electron chi connectivity index (χ4n) is 3.71. The van der Waals surface area contributed by atoms with Crippen molar-refractivity contribution in [2.24, 2.45) is 0 Å². The molecular formula is C25H25FN2O3S. The standard InChI is InChI=1S/C25H25FN2O3S/c26-20-5-1-4-19(14-20)17-28(25(30)23-7-3-13-32-23)21-10-8-18(9-11-21)15-24(29)27-16-22-6-2-12-31-22/h1,3-5,7-11,13-14,22H,2,6,12,15-17H2,(H,27,29)/t22-/m1/s1. The van der Waals surface area contributed by atoms with Gasteiger partial charge in [0.05, 0.1) is 23.9 Å². The van der Waals surface area contributed by atoms with Crippen molar-refractivity contribution in [1.82, 2.24) is 5.32 Å². The maximum atomic E-state index is 13.7. The van der Waals surface area contributed by atoms with Gasteiger partial charge in [0.2, 0.25) is 5.91 Å². The molecule has 2 heterocycles. The van der Waals surface area contributed by atoms with Gasteiger partial charge in [-0.2, -0.15) is 0 Å². The van der Waals surface area contributed by atoms with E-state index >= 15 is 0 Å². The number of thiophene rings is 1. The van der Waals surface area contributed by atoms with Crippen LogP contribution >= 0.6 is 11.3 Å². The molecule has 1 atom stereocenters. The van der Waals surface area contributed by atoms with E-state index in [0.29, 0.717) is 22.7 Å². The predicted molar refractivity (Wildman–Crippen MR) is 123 cm³/mol. The van der Waals surface area contributed by atoms with Gasteiger partial charge in [0.15, 0.2) is 0 Å². The lowest BCUT2D eigenvalue weighted by Crippen LogP contribution is -2.32. The van der Waals surface area contributed by atoms with E-state index in [0.717, 1.165) is 25.0 Å². The van der Waals surface area contributed by atoms with Crippen molar-refractivity contribution in [1.29, 1.82) is 0 Å². The quantitative estimate of drug-likeness (QED) is 0.545. The van der Waals surface area contributed by atoms with E-state index < -0.39 is 0 Å². The molecule has 1 fully saturated rings. The number of carbonyl (C=O) groups is 2. The van der Waals surface area contributed by atoms with Crippen molar-refractivity contribution in [3.8, 4) is 0 Å². The Kier molecular flexibility index (Phi) is 7.29. The van der Waals surface area contributed by atoms with Crippen molar-refractivity contribution in [3.05, 3.63) is 87.9 Å². The smallest absolute Gasteiger partial charge is 0.268 e. The summed E-state index contributed by atoms with van der Waals surface area (Å²) in [4.78, 5) is 27.6. The van der Waals surface area contributed by atoms with E-state index in [2.05, 4.69) is 5.32 Å². The van der Waals surface area contributed by atoms with Crippen molar-refractivity contribution in [3.63, 3.8) is 0 Å². The van der Waals surface area contributed by atoms with Crippen LogP contribution in [0, 0.1) is 5.82 Å². The number of benzene rings is 2. The van der Waals surface area contributed by atoms with Crippen molar-refractivity contribution in [2.75, 3.05) is 18.1 Å². The van der Waals surface area contributed by atoms with E-state index in [9.17, 15) is 14.0 Å². The lowest BCUT2D eigenvalue weighted by molar-refractivity contribution is -0.120. The minimum atomic E-state index is -0.338. The molecule has 2 amide bonds. The number of nitrogens with zero attached hydrogens (tertiary/aromatic N) is 1. The number of halogens is 1. The van der Waals surface area contributed by atoms with E-state index in [4.69, 9.17) is 4.74 Å². The highest BCUT2D eigenvalue weighted by Crippen LogP contribution is 2.23. The Hall–Kier alpha value is -3.03. The third kappa shape index (κ3) is 5.81. The molecule has 1 aromatic heterocycles. The number of hydrogen-bond acceptors (Lipinski definition) is 4. The lowest BCUT2D eigenvalue weighted by Gasteiger charge is -2.23. The van der Waals surface area contributed by atoms with E-state index in [1.54, 1.807) is 23.1 Å². The first-order valence-electron chi connectivity index (χ1n) is 10.7. The van der Waals surface area contributed by atoms with Gasteiger partial charge in [-0.15, -0.1) is 11.3 Å². The second-order valence-corrected chi connectivity index (χ2v) is 8.73. The van der Waals surface area contributed by atoms with Gasteiger partial charge < -0.3 is 15.0 Å². The summed E-state index contributed by atoms with van der Waals surface area (Å²) in [5.74, 6) is -0.541. The van der Waals surface area contributed by atoms with Crippen LogP contribution in [0.4, 0.5) is 10.1 Å². The molecule has 32 heavy (non-hydrogen) atoms. The van der Waals surface area contributed by atoms with Gasteiger partial charge in [-0.25, -0.2) is 4.39 Å². The summed E-state index contributed by atoms with van der Waals surface area (Å²) in [6, 6.07) is 17.2. The molecule has 1 N–H and O–H groups in total. The molecule has 5 nitrogen and oxygen atoms in total. The monoisotopic (exact) mass is 452 g/mol. The Morgan fingerprint density at radius 3 is 2.62 bits per heavy atom. The molecule has 2 aromatic carbocycles. The van der Waals surface area contributed by atoms with Gasteiger partial charge in [0, 0.05) is 18.8 Å². The minimum Gasteiger partial charge on any atom is -0.376 e. The van der Waals surface area contributed by atoms with Gasteiger partial charge >= 0.3 is 0 Å². The average molecular weight is 453 g/mol. The maximum absolute atomic E-state index is 13.7. The minimum absolute atomic E-state index is 0.0560. The number of nitrogens with one attached hydrogen (secondary N) is 1. The Balaban J connectivity index is 1.45.